The normalized spacial score (nSPS) is 10.3. The zero-order valence-electron chi connectivity index (χ0n) is 20.1. The van der Waals surface area contributed by atoms with E-state index in [0.717, 1.165) is 12.8 Å². The third-order valence-electron chi connectivity index (χ3n) is 4.49. The quantitative estimate of drug-likeness (QED) is 0.413. The maximum absolute atomic E-state index is 10.9. The Morgan fingerprint density at radius 1 is 0.818 bits per heavy atom. The third-order valence-corrected chi connectivity index (χ3v) is 4.49. The molecule has 2 aromatic carbocycles. The van der Waals surface area contributed by atoms with E-state index in [9.17, 15) is 14.7 Å². The van der Waals surface area contributed by atoms with Crippen LogP contribution in [-0.2, 0) is 0 Å². The van der Waals surface area contributed by atoms with Gasteiger partial charge in [-0.1, -0.05) is 56.4 Å². The summed E-state index contributed by atoms with van der Waals surface area (Å²) in [4.78, 5) is 21.7. The molecule has 0 heterocycles. The summed E-state index contributed by atoms with van der Waals surface area (Å²) in [6.07, 6.45) is 9.77. The van der Waals surface area contributed by atoms with Crippen LogP contribution in [0.25, 0.3) is 0 Å². The minimum Gasteiger partial charge on any atom is -0.545 e. The number of allylic oxidation sites excluding steroid dienone is 2. The molecule has 0 spiro atoms. The monoisotopic (exact) mass is 478 g/mol. The average Bonchev–Trinajstić information content (AvgIpc) is 2.76. The Morgan fingerprint density at radius 2 is 1.24 bits per heavy atom. The first kappa shape index (κ1) is 31.1. The van der Waals surface area contributed by atoms with Crippen molar-refractivity contribution in [3.8, 4) is 11.5 Å². The van der Waals surface area contributed by atoms with Crippen LogP contribution in [0.5, 0.6) is 11.5 Å². The smallest absolute Gasteiger partial charge is 0.545 e. The maximum atomic E-state index is 10.9. The molecule has 0 saturated heterocycles. The predicted molar refractivity (Wildman–Crippen MR) is 123 cm³/mol. The molecule has 0 aliphatic heterocycles. The second-order valence-corrected chi connectivity index (χ2v) is 6.83. The molecule has 0 atom stereocenters. The molecule has 6 nitrogen and oxygen atoms in total. The van der Waals surface area contributed by atoms with Crippen molar-refractivity contribution in [2.75, 3.05) is 13.2 Å². The van der Waals surface area contributed by atoms with E-state index in [1.165, 1.54) is 6.07 Å². The second-order valence-electron chi connectivity index (χ2n) is 6.83. The molecule has 0 amide bonds. The van der Waals surface area contributed by atoms with Gasteiger partial charge in [0.1, 0.15) is 24.7 Å². The van der Waals surface area contributed by atoms with Crippen molar-refractivity contribution in [1.29, 1.82) is 0 Å². The number of benzene rings is 2. The summed E-state index contributed by atoms with van der Waals surface area (Å²) in [7, 11) is 0. The summed E-state index contributed by atoms with van der Waals surface area (Å²) in [6, 6.07) is 9.96. The summed E-state index contributed by atoms with van der Waals surface area (Å²) < 4.78 is 10.9. The molecule has 0 aliphatic carbocycles. The Morgan fingerprint density at radius 3 is 1.64 bits per heavy atom. The zero-order valence-corrected chi connectivity index (χ0v) is 23.2. The van der Waals surface area contributed by atoms with Gasteiger partial charge in [-0.3, -0.25) is 0 Å². The van der Waals surface area contributed by atoms with Crippen LogP contribution in [0.3, 0.4) is 0 Å². The molecule has 1 N–H and O–H groups in total. The number of carbonyl (C=O) groups is 2. The van der Waals surface area contributed by atoms with E-state index in [1.54, 1.807) is 44.2 Å². The van der Waals surface area contributed by atoms with E-state index in [2.05, 4.69) is 0 Å². The molecule has 0 saturated carbocycles. The summed E-state index contributed by atoms with van der Waals surface area (Å²) in [6.45, 7) is 8.47. The van der Waals surface area contributed by atoms with E-state index in [1.807, 2.05) is 38.2 Å². The minimum atomic E-state index is -1.17. The Bertz CT molecular complexity index is 872. The van der Waals surface area contributed by atoms with Crippen LogP contribution in [0.4, 0.5) is 0 Å². The fourth-order valence-corrected chi connectivity index (χ4v) is 2.74. The molecular weight excluding hydrogens is 447 g/mol. The Balaban J connectivity index is 0.000000602. The molecule has 0 unspecified atom stereocenters. The van der Waals surface area contributed by atoms with Crippen molar-refractivity contribution < 1.29 is 80.7 Å². The fraction of sp³-hybridized carbons (Fsp3) is 0.308. The standard InChI is InChI=1S/2C13H16O3.K/c2*1-3-4-5-9-16-12-8-6-7-11(10(12)2)13(14)15;/h2*4-8H,3,9H2,1-2H3,(H,14,15);/q;;+1/p-1/b2*5-4-;. The Labute approximate surface area is 238 Å². The summed E-state index contributed by atoms with van der Waals surface area (Å²) in [5, 5.41) is 19.7. The largest absolute Gasteiger partial charge is 1.00 e. The van der Waals surface area contributed by atoms with Crippen molar-refractivity contribution in [3.63, 3.8) is 0 Å². The summed E-state index contributed by atoms with van der Waals surface area (Å²) >= 11 is 0. The van der Waals surface area contributed by atoms with Gasteiger partial charge in [0.05, 0.1) is 11.5 Å². The number of carboxylic acids is 2. The van der Waals surface area contributed by atoms with Gasteiger partial charge < -0.3 is 24.5 Å². The predicted octanol–water partition coefficient (Wildman–Crippen LogP) is 1.75. The molecular formula is C26H31KO6. The molecule has 7 heteroatoms. The van der Waals surface area contributed by atoms with Gasteiger partial charge >= 0.3 is 57.4 Å². The van der Waals surface area contributed by atoms with Crippen LogP contribution in [0.2, 0.25) is 0 Å². The number of aromatic carboxylic acids is 2. The average molecular weight is 479 g/mol. The molecule has 172 valence electrons. The van der Waals surface area contributed by atoms with Crippen LogP contribution >= 0.6 is 0 Å². The number of rotatable bonds is 10. The molecule has 0 radical (unpaired) electrons. The van der Waals surface area contributed by atoms with Gasteiger partial charge in [0, 0.05) is 16.7 Å². The van der Waals surface area contributed by atoms with Crippen molar-refractivity contribution >= 4 is 11.9 Å². The molecule has 0 aromatic heterocycles. The van der Waals surface area contributed by atoms with Gasteiger partial charge in [-0.05, 0) is 44.9 Å². The Hall–Kier alpha value is -1.90. The molecule has 2 aromatic rings. The summed E-state index contributed by atoms with van der Waals surface area (Å²) in [5.41, 5.74) is 1.74. The Kier molecular flexibility index (Phi) is 16.5. The number of ether oxygens (including phenoxy) is 2. The van der Waals surface area contributed by atoms with Crippen LogP contribution in [0.1, 0.15) is 58.5 Å². The van der Waals surface area contributed by atoms with Crippen LogP contribution in [0.15, 0.2) is 60.7 Å². The van der Waals surface area contributed by atoms with Crippen LogP contribution in [0, 0.1) is 13.8 Å². The van der Waals surface area contributed by atoms with E-state index in [-0.39, 0.29) is 62.5 Å². The first-order valence-electron chi connectivity index (χ1n) is 10.5. The number of hydrogen-bond acceptors (Lipinski definition) is 5. The minimum absolute atomic E-state index is 0. The molecule has 0 fully saturated rings. The third kappa shape index (κ3) is 11.2. The van der Waals surface area contributed by atoms with Gasteiger partial charge in [-0.25, -0.2) is 4.79 Å². The van der Waals surface area contributed by atoms with E-state index >= 15 is 0 Å². The molecule has 0 aliphatic rings. The van der Waals surface area contributed by atoms with Crippen molar-refractivity contribution in [3.05, 3.63) is 83.0 Å². The first-order chi connectivity index (χ1) is 15.3. The molecule has 33 heavy (non-hydrogen) atoms. The van der Waals surface area contributed by atoms with Crippen molar-refractivity contribution in [2.45, 2.75) is 40.5 Å². The SMILES string of the molecule is CC/C=C\COc1cccc(C(=O)O)c1C.CC/C=C\COc1cccc(C(=O)[O-])c1C.[K+]. The topological polar surface area (TPSA) is 95.9 Å². The van der Waals surface area contributed by atoms with Crippen molar-refractivity contribution in [1.82, 2.24) is 0 Å². The summed E-state index contributed by atoms with van der Waals surface area (Å²) in [5.74, 6) is -0.887. The van der Waals surface area contributed by atoms with Gasteiger partial charge in [0.25, 0.3) is 0 Å². The zero-order chi connectivity index (χ0) is 23.9. The molecule has 0 bridgehead atoms. The van der Waals surface area contributed by atoms with Crippen LogP contribution < -0.4 is 66.0 Å². The van der Waals surface area contributed by atoms with E-state index in [0.29, 0.717) is 35.8 Å². The number of carbonyl (C=O) groups excluding carboxylic acids is 1. The first-order valence-corrected chi connectivity index (χ1v) is 10.5. The van der Waals surface area contributed by atoms with Gasteiger partial charge in [-0.2, -0.15) is 0 Å². The number of carboxylic acid groups (broad SMARTS) is 2. The van der Waals surface area contributed by atoms with Gasteiger partial charge in [-0.15, -0.1) is 0 Å². The van der Waals surface area contributed by atoms with Crippen LogP contribution in [-0.4, -0.2) is 30.3 Å². The molecule has 2 rings (SSSR count). The second kappa shape index (κ2) is 17.6. The van der Waals surface area contributed by atoms with Crippen molar-refractivity contribution in [2.24, 2.45) is 0 Å². The van der Waals surface area contributed by atoms with Gasteiger partial charge in [0.15, 0.2) is 0 Å². The fourth-order valence-electron chi connectivity index (χ4n) is 2.74. The van der Waals surface area contributed by atoms with Gasteiger partial charge in [0.2, 0.25) is 0 Å². The maximum Gasteiger partial charge on any atom is 1.00 e. The number of hydrogen-bond donors (Lipinski definition) is 1. The van der Waals surface area contributed by atoms with E-state index in [4.69, 9.17) is 14.6 Å². The van der Waals surface area contributed by atoms with E-state index < -0.39 is 11.9 Å².